The molecule has 0 spiro atoms. The molecule has 0 bridgehead atoms. The van der Waals surface area contributed by atoms with E-state index in [1.807, 2.05) is 12.1 Å². The molecular formula is C21H27N5. The van der Waals surface area contributed by atoms with Crippen molar-refractivity contribution >= 4 is 11.6 Å². The molecule has 0 saturated heterocycles. The van der Waals surface area contributed by atoms with Crippen molar-refractivity contribution in [3.63, 3.8) is 0 Å². The monoisotopic (exact) mass is 349 g/mol. The van der Waals surface area contributed by atoms with Gasteiger partial charge in [-0.2, -0.15) is 0 Å². The van der Waals surface area contributed by atoms with Crippen LogP contribution in [-0.4, -0.2) is 28.9 Å². The van der Waals surface area contributed by atoms with Gasteiger partial charge in [-0.3, -0.25) is 4.99 Å². The average Bonchev–Trinajstić information content (AvgIpc) is 3.06. The number of aryl methyl sites for hydroxylation is 2. The summed E-state index contributed by atoms with van der Waals surface area (Å²) < 4.78 is 2.10. The summed E-state index contributed by atoms with van der Waals surface area (Å²) in [5.41, 5.74) is 5.77. The highest BCUT2D eigenvalue weighted by Crippen LogP contribution is 2.15. The summed E-state index contributed by atoms with van der Waals surface area (Å²) in [6, 6.07) is 14.8. The molecule has 0 aliphatic heterocycles. The van der Waals surface area contributed by atoms with Gasteiger partial charge in [-0.05, 0) is 37.5 Å². The van der Waals surface area contributed by atoms with Crippen LogP contribution in [0.4, 0.5) is 0 Å². The third-order valence-electron chi connectivity index (χ3n) is 4.59. The molecule has 1 atom stereocenters. The molecule has 0 radical (unpaired) electrons. The van der Waals surface area contributed by atoms with E-state index < -0.39 is 0 Å². The van der Waals surface area contributed by atoms with Crippen molar-refractivity contribution in [1.82, 2.24) is 20.0 Å². The second-order valence-corrected chi connectivity index (χ2v) is 6.75. The fourth-order valence-electron chi connectivity index (χ4n) is 3.02. The zero-order valence-electron chi connectivity index (χ0n) is 16.0. The summed E-state index contributed by atoms with van der Waals surface area (Å²) in [5.74, 6) is 1.20. The number of hydrogen-bond acceptors (Lipinski definition) is 2. The minimum atomic E-state index is 0.409. The molecule has 2 N–H and O–H groups in total. The second-order valence-electron chi connectivity index (χ2n) is 6.75. The Kier molecular flexibility index (Phi) is 5.56. The van der Waals surface area contributed by atoms with Crippen LogP contribution in [0.2, 0.25) is 0 Å². The predicted molar refractivity (Wildman–Crippen MR) is 108 cm³/mol. The maximum atomic E-state index is 4.65. The minimum absolute atomic E-state index is 0.409. The van der Waals surface area contributed by atoms with E-state index in [0.717, 1.165) is 23.8 Å². The van der Waals surface area contributed by atoms with Crippen LogP contribution in [0.3, 0.4) is 0 Å². The number of rotatable bonds is 5. The van der Waals surface area contributed by atoms with Crippen molar-refractivity contribution in [1.29, 1.82) is 0 Å². The normalized spacial score (nSPS) is 13.0. The number of nitrogens with zero attached hydrogens (tertiary/aromatic N) is 3. The number of hydrogen-bond donors (Lipinski definition) is 2. The first-order valence-corrected chi connectivity index (χ1v) is 9.01. The van der Waals surface area contributed by atoms with E-state index in [4.69, 9.17) is 0 Å². The summed E-state index contributed by atoms with van der Waals surface area (Å²) in [7, 11) is 1.79. The predicted octanol–water partition coefficient (Wildman–Crippen LogP) is 3.42. The first-order valence-electron chi connectivity index (χ1n) is 9.01. The molecule has 3 aromatic rings. The number of guanidine groups is 1. The van der Waals surface area contributed by atoms with Gasteiger partial charge in [0.25, 0.3) is 0 Å². The minimum Gasteiger partial charge on any atom is -0.356 e. The molecule has 1 aromatic carbocycles. The number of fused-ring (bicyclic) bond motifs is 1. The first-order chi connectivity index (χ1) is 12.6. The van der Waals surface area contributed by atoms with Gasteiger partial charge in [0.1, 0.15) is 5.65 Å². The van der Waals surface area contributed by atoms with E-state index in [-0.39, 0.29) is 0 Å². The van der Waals surface area contributed by atoms with Crippen LogP contribution in [0.25, 0.3) is 5.65 Å². The van der Waals surface area contributed by atoms with Crippen LogP contribution in [0.5, 0.6) is 0 Å². The first kappa shape index (κ1) is 18.0. The molecule has 0 aliphatic carbocycles. The highest BCUT2D eigenvalue weighted by Gasteiger charge is 2.08. The van der Waals surface area contributed by atoms with Gasteiger partial charge in [0.2, 0.25) is 0 Å². The van der Waals surface area contributed by atoms with E-state index in [9.17, 15) is 0 Å². The summed E-state index contributed by atoms with van der Waals surface area (Å²) >= 11 is 0. The van der Waals surface area contributed by atoms with Gasteiger partial charge in [-0.15, -0.1) is 0 Å². The lowest BCUT2D eigenvalue weighted by molar-refractivity contribution is 0.697. The number of pyridine rings is 1. The standard InChI is InChI=1S/C21H27N5/c1-15-7-5-9-18(11-15)16(2)12-23-21(22-4)24-13-19-14-26-17(3)8-6-10-20(26)25-19/h5-11,14,16H,12-13H2,1-4H3,(H2,22,23,24). The van der Waals surface area contributed by atoms with Crippen molar-refractivity contribution in [2.24, 2.45) is 4.99 Å². The molecule has 26 heavy (non-hydrogen) atoms. The van der Waals surface area contributed by atoms with Gasteiger partial charge in [0.15, 0.2) is 5.96 Å². The SMILES string of the molecule is CN=C(NCc1cn2c(C)cccc2n1)NCC(C)c1cccc(C)c1. The lowest BCUT2D eigenvalue weighted by atomic mass is 9.99. The Morgan fingerprint density at radius 1 is 1.15 bits per heavy atom. The van der Waals surface area contributed by atoms with Gasteiger partial charge in [0.05, 0.1) is 12.2 Å². The van der Waals surface area contributed by atoms with E-state index in [1.54, 1.807) is 7.05 Å². The highest BCUT2D eigenvalue weighted by atomic mass is 15.2. The van der Waals surface area contributed by atoms with Crippen LogP contribution in [0.15, 0.2) is 53.7 Å². The molecule has 5 nitrogen and oxygen atoms in total. The maximum absolute atomic E-state index is 4.65. The molecule has 0 amide bonds. The molecular weight excluding hydrogens is 322 g/mol. The van der Waals surface area contributed by atoms with Crippen molar-refractivity contribution < 1.29 is 0 Å². The molecule has 2 heterocycles. The van der Waals surface area contributed by atoms with Gasteiger partial charge >= 0.3 is 0 Å². The molecule has 0 saturated carbocycles. The number of nitrogens with one attached hydrogen (secondary N) is 2. The van der Waals surface area contributed by atoms with E-state index in [0.29, 0.717) is 12.5 Å². The zero-order chi connectivity index (χ0) is 18.5. The quantitative estimate of drug-likeness (QED) is 0.548. The Morgan fingerprint density at radius 3 is 2.69 bits per heavy atom. The van der Waals surface area contributed by atoms with E-state index >= 15 is 0 Å². The topological polar surface area (TPSA) is 53.7 Å². The fourth-order valence-corrected chi connectivity index (χ4v) is 3.02. The molecule has 0 fully saturated rings. The molecule has 1 unspecified atom stereocenters. The second kappa shape index (κ2) is 8.04. The van der Waals surface area contributed by atoms with Crippen molar-refractivity contribution in [2.75, 3.05) is 13.6 Å². The lowest BCUT2D eigenvalue weighted by Gasteiger charge is -2.16. The Labute approximate surface area is 155 Å². The third kappa shape index (κ3) is 4.23. The average molecular weight is 349 g/mol. The number of aromatic nitrogens is 2. The fraction of sp³-hybridized carbons (Fsp3) is 0.333. The summed E-state index contributed by atoms with van der Waals surface area (Å²) in [4.78, 5) is 8.97. The lowest BCUT2D eigenvalue weighted by Crippen LogP contribution is -2.38. The number of benzene rings is 1. The Balaban J connectivity index is 1.56. The molecule has 5 heteroatoms. The van der Waals surface area contributed by atoms with Crippen LogP contribution in [0.1, 0.15) is 35.4 Å². The van der Waals surface area contributed by atoms with E-state index in [2.05, 4.69) is 82.3 Å². The largest absolute Gasteiger partial charge is 0.356 e. The highest BCUT2D eigenvalue weighted by molar-refractivity contribution is 5.79. The van der Waals surface area contributed by atoms with Crippen LogP contribution in [-0.2, 0) is 6.54 Å². The third-order valence-corrected chi connectivity index (χ3v) is 4.59. The van der Waals surface area contributed by atoms with Crippen LogP contribution < -0.4 is 10.6 Å². The maximum Gasteiger partial charge on any atom is 0.191 e. The molecule has 2 aromatic heterocycles. The summed E-state index contributed by atoms with van der Waals surface area (Å²) in [6.07, 6.45) is 2.07. The Hall–Kier alpha value is -2.82. The van der Waals surface area contributed by atoms with Crippen LogP contribution >= 0.6 is 0 Å². The summed E-state index contributed by atoms with van der Waals surface area (Å²) in [6.45, 7) is 7.90. The smallest absolute Gasteiger partial charge is 0.191 e. The Morgan fingerprint density at radius 2 is 1.96 bits per heavy atom. The zero-order valence-corrected chi connectivity index (χ0v) is 16.0. The number of imidazole rings is 1. The van der Waals surface area contributed by atoms with Crippen molar-refractivity contribution in [3.05, 3.63) is 71.2 Å². The van der Waals surface area contributed by atoms with Gasteiger partial charge in [-0.1, -0.05) is 42.8 Å². The van der Waals surface area contributed by atoms with Crippen molar-refractivity contribution in [3.8, 4) is 0 Å². The van der Waals surface area contributed by atoms with E-state index in [1.165, 1.54) is 16.8 Å². The number of aliphatic imine (C=N–C) groups is 1. The molecule has 136 valence electrons. The molecule has 0 aliphatic rings. The van der Waals surface area contributed by atoms with Crippen LogP contribution in [0, 0.1) is 13.8 Å². The van der Waals surface area contributed by atoms with Gasteiger partial charge < -0.3 is 15.0 Å². The van der Waals surface area contributed by atoms with Crippen molar-refractivity contribution in [2.45, 2.75) is 33.2 Å². The van der Waals surface area contributed by atoms with Gasteiger partial charge in [-0.25, -0.2) is 4.98 Å². The summed E-state index contributed by atoms with van der Waals surface area (Å²) in [5, 5.41) is 6.75. The molecule has 3 rings (SSSR count). The van der Waals surface area contributed by atoms with Gasteiger partial charge in [0, 0.05) is 25.5 Å². The Bertz CT molecular complexity index is 910.